The zero-order valence-corrected chi connectivity index (χ0v) is 11.2. The fraction of sp³-hybridized carbons (Fsp3) is 0.917. The average molecular weight is 231 g/mol. The summed E-state index contributed by atoms with van der Waals surface area (Å²) in [4.78, 5) is 12.0. The fourth-order valence-corrected chi connectivity index (χ4v) is 1.35. The zero-order valence-electron chi connectivity index (χ0n) is 11.2. The van der Waals surface area contributed by atoms with Crippen LogP contribution in [-0.2, 0) is 4.79 Å². The molecular formula is C12H29N3O. The van der Waals surface area contributed by atoms with Gasteiger partial charge in [0.05, 0.1) is 6.54 Å². The lowest BCUT2D eigenvalue weighted by Crippen LogP contribution is -2.26. The van der Waals surface area contributed by atoms with Gasteiger partial charge in [-0.3, -0.25) is 4.79 Å². The van der Waals surface area contributed by atoms with Crippen LogP contribution in [0.5, 0.6) is 0 Å². The van der Waals surface area contributed by atoms with E-state index >= 15 is 0 Å². The van der Waals surface area contributed by atoms with Crippen molar-refractivity contribution < 1.29 is 4.79 Å². The number of amides is 1. The molecule has 0 atom stereocenters. The summed E-state index contributed by atoms with van der Waals surface area (Å²) in [6.07, 6.45) is 5.28. The van der Waals surface area contributed by atoms with E-state index in [0.717, 1.165) is 0 Å². The Hall–Kier alpha value is -0.610. The Balaban J connectivity index is 0. The second kappa shape index (κ2) is 14.4. The van der Waals surface area contributed by atoms with Crippen molar-refractivity contribution in [3.63, 3.8) is 0 Å². The molecule has 0 aliphatic rings. The Morgan fingerprint density at radius 3 is 1.69 bits per heavy atom. The Kier molecular flexibility index (Phi) is 16.0. The van der Waals surface area contributed by atoms with E-state index in [0.29, 0.717) is 0 Å². The zero-order chi connectivity index (χ0) is 12.8. The van der Waals surface area contributed by atoms with Crippen molar-refractivity contribution >= 4 is 5.91 Å². The summed E-state index contributed by atoms with van der Waals surface area (Å²) in [5.41, 5.74) is 9.22. The van der Waals surface area contributed by atoms with E-state index in [9.17, 15) is 4.79 Å². The third-order valence-corrected chi connectivity index (χ3v) is 2.11. The number of rotatable bonds is 8. The summed E-state index contributed by atoms with van der Waals surface area (Å²) in [7, 11) is 0. The molecule has 0 aliphatic heterocycles. The van der Waals surface area contributed by atoms with Gasteiger partial charge >= 0.3 is 0 Å². The van der Waals surface area contributed by atoms with E-state index < -0.39 is 5.91 Å². The molecule has 4 nitrogen and oxygen atoms in total. The SMILES string of the molecule is CCCCN(CCC)CCC.NCC(N)=O. The quantitative estimate of drug-likeness (QED) is 0.662. The number of primary amides is 1. The topological polar surface area (TPSA) is 72.3 Å². The van der Waals surface area contributed by atoms with Crippen LogP contribution in [0.15, 0.2) is 0 Å². The fourth-order valence-electron chi connectivity index (χ4n) is 1.35. The molecular weight excluding hydrogens is 202 g/mol. The van der Waals surface area contributed by atoms with Crippen LogP contribution in [0.4, 0.5) is 0 Å². The highest BCUT2D eigenvalue weighted by molar-refractivity contribution is 5.75. The Bertz CT molecular complexity index is 145. The standard InChI is InChI=1S/C10H23N.C2H6N2O/c1-4-7-10-11(8-5-2)9-6-3;3-1-2(4)5/h4-10H2,1-3H3;1,3H2,(H2,4,5). The van der Waals surface area contributed by atoms with Crippen LogP contribution in [-0.4, -0.2) is 37.0 Å². The van der Waals surface area contributed by atoms with Gasteiger partial charge in [-0.25, -0.2) is 0 Å². The molecule has 98 valence electrons. The van der Waals surface area contributed by atoms with Crippen molar-refractivity contribution in [3.05, 3.63) is 0 Å². The summed E-state index contributed by atoms with van der Waals surface area (Å²) in [6.45, 7) is 10.6. The molecule has 0 aromatic rings. The van der Waals surface area contributed by atoms with Gasteiger partial charge in [-0.05, 0) is 38.9 Å². The molecule has 0 bridgehead atoms. The number of carbonyl (C=O) groups is 1. The minimum atomic E-state index is -0.468. The van der Waals surface area contributed by atoms with Crippen molar-refractivity contribution in [2.24, 2.45) is 11.5 Å². The van der Waals surface area contributed by atoms with Crippen molar-refractivity contribution in [1.82, 2.24) is 4.90 Å². The smallest absolute Gasteiger partial charge is 0.231 e. The van der Waals surface area contributed by atoms with Gasteiger partial charge in [-0.2, -0.15) is 0 Å². The van der Waals surface area contributed by atoms with Crippen LogP contribution in [0.3, 0.4) is 0 Å². The van der Waals surface area contributed by atoms with Gasteiger partial charge in [0.15, 0.2) is 0 Å². The maximum absolute atomic E-state index is 9.47. The first-order valence-corrected chi connectivity index (χ1v) is 6.32. The van der Waals surface area contributed by atoms with Gasteiger partial charge in [0.2, 0.25) is 5.91 Å². The van der Waals surface area contributed by atoms with Crippen LogP contribution in [0.1, 0.15) is 46.5 Å². The Labute approximate surface area is 100 Å². The third-order valence-electron chi connectivity index (χ3n) is 2.11. The largest absolute Gasteiger partial charge is 0.369 e. The molecule has 16 heavy (non-hydrogen) atoms. The molecule has 1 amide bonds. The summed E-state index contributed by atoms with van der Waals surface area (Å²) in [6, 6.07) is 0. The number of nitrogens with two attached hydrogens (primary N) is 2. The maximum atomic E-state index is 9.47. The molecule has 0 saturated heterocycles. The molecule has 0 rings (SSSR count). The van der Waals surface area contributed by atoms with E-state index in [-0.39, 0.29) is 6.54 Å². The van der Waals surface area contributed by atoms with Crippen LogP contribution in [0, 0.1) is 0 Å². The number of carbonyl (C=O) groups excluding carboxylic acids is 1. The van der Waals surface area contributed by atoms with E-state index in [1.807, 2.05) is 0 Å². The summed E-state index contributed by atoms with van der Waals surface area (Å²) in [5, 5.41) is 0. The highest BCUT2D eigenvalue weighted by atomic mass is 16.1. The second-order valence-electron chi connectivity index (χ2n) is 3.87. The lowest BCUT2D eigenvalue weighted by molar-refractivity contribution is -0.116. The molecule has 0 aromatic carbocycles. The molecule has 0 aromatic heterocycles. The van der Waals surface area contributed by atoms with Gasteiger partial charge in [0.25, 0.3) is 0 Å². The van der Waals surface area contributed by atoms with Crippen LogP contribution in [0.25, 0.3) is 0 Å². The van der Waals surface area contributed by atoms with E-state index in [1.54, 1.807) is 0 Å². The first-order valence-electron chi connectivity index (χ1n) is 6.32. The monoisotopic (exact) mass is 231 g/mol. The predicted molar refractivity (Wildman–Crippen MR) is 70.2 cm³/mol. The normalized spacial score (nSPS) is 9.81. The summed E-state index contributed by atoms with van der Waals surface area (Å²) >= 11 is 0. The molecule has 0 fully saturated rings. The molecule has 0 unspecified atom stereocenters. The first kappa shape index (κ1) is 17.8. The molecule has 0 spiro atoms. The van der Waals surface area contributed by atoms with Gasteiger partial charge in [-0.15, -0.1) is 0 Å². The van der Waals surface area contributed by atoms with Crippen LogP contribution < -0.4 is 11.5 Å². The molecule has 4 heteroatoms. The van der Waals surface area contributed by atoms with E-state index in [1.165, 1.54) is 45.3 Å². The van der Waals surface area contributed by atoms with E-state index in [2.05, 4.69) is 31.4 Å². The van der Waals surface area contributed by atoms with Crippen molar-refractivity contribution in [1.29, 1.82) is 0 Å². The van der Waals surface area contributed by atoms with Gasteiger partial charge in [-0.1, -0.05) is 27.2 Å². The lowest BCUT2D eigenvalue weighted by atomic mass is 10.3. The summed E-state index contributed by atoms with van der Waals surface area (Å²) in [5.74, 6) is -0.468. The number of nitrogens with zero attached hydrogens (tertiary/aromatic N) is 1. The van der Waals surface area contributed by atoms with Gasteiger partial charge < -0.3 is 16.4 Å². The van der Waals surface area contributed by atoms with Crippen LogP contribution in [0.2, 0.25) is 0 Å². The Morgan fingerprint density at radius 2 is 1.44 bits per heavy atom. The van der Waals surface area contributed by atoms with Crippen molar-refractivity contribution in [2.45, 2.75) is 46.5 Å². The maximum Gasteiger partial charge on any atom is 0.231 e. The van der Waals surface area contributed by atoms with Gasteiger partial charge in [0.1, 0.15) is 0 Å². The molecule has 4 N–H and O–H groups in total. The molecule has 0 heterocycles. The number of hydrogen-bond acceptors (Lipinski definition) is 3. The van der Waals surface area contributed by atoms with Crippen LogP contribution >= 0.6 is 0 Å². The molecule has 0 saturated carbocycles. The number of hydrogen-bond donors (Lipinski definition) is 2. The van der Waals surface area contributed by atoms with Crippen molar-refractivity contribution in [2.75, 3.05) is 26.2 Å². The predicted octanol–water partition coefficient (Wildman–Crippen LogP) is 1.34. The third kappa shape index (κ3) is 15.8. The molecule has 0 aliphatic carbocycles. The Morgan fingerprint density at radius 1 is 1.00 bits per heavy atom. The first-order chi connectivity index (χ1) is 7.62. The minimum absolute atomic E-state index is 0.0556. The highest BCUT2D eigenvalue weighted by Crippen LogP contribution is 1.97. The summed E-state index contributed by atoms with van der Waals surface area (Å²) < 4.78 is 0. The van der Waals surface area contributed by atoms with E-state index in [4.69, 9.17) is 5.73 Å². The average Bonchev–Trinajstić information content (AvgIpc) is 2.27. The van der Waals surface area contributed by atoms with Gasteiger partial charge in [0, 0.05) is 0 Å². The second-order valence-corrected chi connectivity index (χ2v) is 3.87. The molecule has 0 radical (unpaired) electrons. The highest BCUT2D eigenvalue weighted by Gasteiger charge is 1.99. The lowest BCUT2D eigenvalue weighted by Gasteiger charge is -2.20. The minimum Gasteiger partial charge on any atom is -0.369 e. The number of unbranched alkanes of at least 4 members (excludes halogenated alkanes) is 1. The van der Waals surface area contributed by atoms with Crippen molar-refractivity contribution in [3.8, 4) is 0 Å².